The van der Waals surface area contributed by atoms with Crippen LogP contribution in [0.25, 0.3) is 22.4 Å². The number of rotatable bonds is 5. The molecule has 4 heterocycles. The van der Waals surface area contributed by atoms with Crippen molar-refractivity contribution in [3.05, 3.63) is 54.2 Å². The van der Waals surface area contributed by atoms with Gasteiger partial charge < -0.3 is 18.8 Å². The summed E-state index contributed by atoms with van der Waals surface area (Å²) in [6.45, 7) is 2.75. The van der Waals surface area contributed by atoms with Gasteiger partial charge in [-0.1, -0.05) is 35.3 Å². The van der Waals surface area contributed by atoms with Crippen LogP contribution in [0.3, 0.4) is 0 Å². The van der Waals surface area contributed by atoms with Gasteiger partial charge in [0, 0.05) is 49.2 Å². The third kappa shape index (κ3) is 4.02. The second-order valence-corrected chi connectivity index (χ2v) is 9.01. The maximum Gasteiger partial charge on any atom is 0.230 e. The lowest BCUT2D eigenvalue weighted by Crippen LogP contribution is -2.49. The topological polar surface area (TPSA) is 101 Å². The van der Waals surface area contributed by atoms with Gasteiger partial charge in [0.05, 0.1) is 6.42 Å². The Balaban J connectivity index is 1.06. The fraction of sp³-hybridized carbons (Fsp3) is 0.400. The average molecular weight is 459 g/mol. The van der Waals surface area contributed by atoms with Gasteiger partial charge in [0.25, 0.3) is 0 Å². The van der Waals surface area contributed by atoms with E-state index in [2.05, 4.69) is 25.2 Å². The zero-order valence-electron chi connectivity index (χ0n) is 18.9. The molecule has 3 aromatic heterocycles. The molecule has 9 nitrogen and oxygen atoms in total. The summed E-state index contributed by atoms with van der Waals surface area (Å²) in [4.78, 5) is 26.1. The summed E-state index contributed by atoms with van der Waals surface area (Å²) >= 11 is 0. The molecule has 1 aliphatic heterocycles. The van der Waals surface area contributed by atoms with Crippen LogP contribution in [-0.4, -0.2) is 57.3 Å². The smallest absolute Gasteiger partial charge is 0.230 e. The molecule has 1 aromatic carbocycles. The molecular weight excluding hydrogens is 432 g/mol. The largest absolute Gasteiger partial charge is 0.356 e. The highest BCUT2D eigenvalue weighted by Gasteiger charge is 2.25. The van der Waals surface area contributed by atoms with Crippen molar-refractivity contribution in [3.8, 4) is 11.4 Å². The predicted octanol–water partition coefficient (Wildman–Crippen LogP) is 3.82. The normalized spacial score (nSPS) is 17.1. The Morgan fingerprint density at radius 2 is 1.79 bits per heavy atom. The molecule has 174 valence electrons. The maximum absolute atomic E-state index is 12.8. The first-order chi connectivity index (χ1) is 16.7. The van der Waals surface area contributed by atoms with Crippen LogP contribution in [0.2, 0.25) is 0 Å². The zero-order valence-corrected chi connectivity index (χ0v) is 18.9. The Bertz CT molecular complexity index is 1280. The Labute approximate surface area is 196 Å². The molecule has 0 N–H and O–H groups in total. The molecule has 6 rings (SSSR count). The zero-order chi connectivity index (χ0) is 22.9. The van der Waals surface area contributed by atoms with Gasteiger partial charge in [0.15, 0.2) is 5.58 Å². The number of para-hydroxylation sites is 1. The maximum atomic E-state index is 12.8. The first-order valence-corrected chi connectivity index (χ1v) is 11.9. The molecule has 0 atom stereocenters. The number of anilines is 1. The van der Waals surface area contributed by atoms with Crippen LogP contribution < -0.4 is 4.90 Å². The van der Waals surface area contributed by atoms with Crippen LogP contribution in [0, 0.1) is 0 Å². The monoisotopic (exact) mass is 458 g/mol. The van der Waals surface area contributed by atoms with Gasteiger partial charge in [0.2, 0.25) is 17.6 Å². The van der Waals surface area contributed by atoms with Gasteiger partial charge in [-0.3, -0.25) is 4.79 Å². The molecule has 1 saturated carbocycles. The van der Waals surface area contributed by atoms with Crippen LogP contribution in [-0.2, 0) is 11.2 Å². The quantitative estimate of drug-likeness (QED) is 0.445. The molecule has 4 aromatic rings. The van der Waals surface area contributed by atoms with Crippen LogP contribution in [0.4, 0.5) is 5.82 Å². The first-order valence-electron chi connectivity index (χ1n) is 11.9. The minimum Gasteiger partial charge on any atom is -0.356 e. The number of piperazine rings is 1. The number of hydrogen-bond donors (Lipinski definition) is 0. The van der Waals surface area contributed by atoms with E-state index in [4.69, 9.17) is 9.05 Å². The fourth-order valence-corrected chi connectivity index (χ4v) is 4.90. The van der Waals surface area contributed by atoms with Crippen LogP contribution in [0.1, 0.15) is 43.2 Å². The van der Waals surface area contributed by atoms with E-state index in [9.17, 15) is 4.79 Å². The van der Waals surface area contributed by atoms with Crippen LogP contribution >= 0.6 is 0 Å². The van der Waals surface area contributed by atoms with E-state index >= 15 is 0 Å². The predicted molar refractivity (Wildman–Crippen MR) is 125 cm³/mol. The van der Waals surface area contributed by atoms with Crippen molar-refractivity contribution >= 4 is 22.7 Å². The van der Waals surface area contributed by atoms with Crippen molar-refractivity contribution in [1.29, 1.82) is 0 Å². The van der Waals surface area contributed by atoms with Gasteiger partial charge in [-0.05, 0) is 37.1 Å². The number of hydrogen-bond acceptors (Lipinski definition) is 8. The molecule has 2 fully saturated rings. The Kier molecular flexibility index (Phi) is 5.44. The first kappa shape index (κ1) is 20.8. The summed E-state index contributed by atoms with van der Waals surface area (Å²) < 4.78 is 10.8. The molecule has 2 aliphatic rings. The van der Waals surface area contributed by atoms with E-state index < -0.39 is 0 Å². The van der Waals surface area contributed by atoms with Gasteiger partial charge in [-0.15, -0.1) is 0 Å². The highest BCUT2D eigenvalue weighted by Crippen LogP contribution is 2.34. The van der Waals surface area contributed by atoms with Crippen molar-refractivity contribution < 1.29 is 13.8 Å². The minimum absolute atomic E-state index is 0.0668. The average Bonchev–Trinajstić information content (AvgIpc) is 3.66. The lowest BCUT2D eigenvalue weighted by molar-refractivity contribution is -0.130. The van der Waals surface area contributed by atoms with Crippen molar-refractivity contribution in [1.82, 2.24) is 25.2 Å². The molecular formula is C25H26N6O3. The second kappa shape index (κ2) is 8.89. The molecule has 0 spiro atoms. The minimum atomic E-state index is 0.0668. The van der Waals surface area contributed by atoms with E-state index in [-0.39, 0.29) is 12.3 Å². The molecule has 9 heteroatoms. The van der Waals surface area contributed by atoms with Crippen molar-refractivity contribution in [2.45, 2.75) is 38.0 Å². The number of carbonyl (C=O) groups is 1. The highest BCUT2D eigenvalue weighted by molar-refractivity contribution is 5.86. The van der Waals surface area contributed by atoms with Gasteiger partial charge in [-0.2, -0.15) is 4.98 Å². The number of nitrogens with zero attached hydrogens (tertiary/aromatic N) is 6. The summed E-state index contributed by atoms with van der Waals surface area (Å²) in [6, 6.07) is 11.6. The van der Waals surface area contributed by atoms with E-state index in [0.717, 1.165) is 48.6 Å². The third-order valence-electron chi connectivity index (χ3n) is 6.88. The fourth-order valence-electron chi connectivity index (χ4n) is 4.90. The van der Waals surface area contributed by atoms with Gasteiger partial charge >= 0.3 is 0 Å². The van der Waals surface area contributed by atoms with Crippen molar-refractivity contribution in [3.63, 3.8) is 0 Å². The van der Waals surface area contributed by atoms with E-state index in [1.165, 1.54) is 12.8 Å². The summed E-state index contributed by atoms with van der Waals surface area (Å²) in [5.41, 5.74) is 2.25. The Morgan fingerprint density at radius 3 is 2.59 bits per heavy atom. The summed E-state index contributed by atoms with van der Waals surface area (Å²) in [5, 5.41) is 9.14. The van der Waals surface area contributed by atoms with Gasteiger partial charge in [-0.25, -0.2) is 4.98 Å². The number of amides is 1. The number of fused-ring (bicyclic) bond motifs is 1. The summed E-state index contributed by atoms with van der Waals surface area (Å²) in [7, 11) is 0. The van der Waals surface area contributed by atoms with E-state index in [1.807, 2.05) is 41.3 Å². The third-order valence-corrected chi connectivity index (χ3v) is 6.88. The van der Waals surface area contributed by atoms with Gasteiger partial charge in [0.1, 0.15) is 11.5 Å². The second-order valence-electron chi connectivity index (χ2n) is 9.01. The lowest BCUT2D eigenvalue weighted by Gasteiger charge is -2.35. The molecule has 1 saturated heterocycles. The van der Waals surface area contributed by atoms with Crippen molar-refractivity contribution in [2.75, 3.05) is 31.1 Å². The number of benzene rings is 1. The summed E-state index contributed by atoms with van der Waals surface area (Å²) in [5.74, 6) is 2.69. The van der Waals surface area contributed by atoms with Crippen molar-refractivity contribution in [2.24, 2.45) is 0 Å². The molecule has 1 amide bonds. The SMILES string of the molecule is O=C(Cc1noc2ccccc12)N1CCN(c2ccc(-c3noc(C4CCCC4)n3)cn2)CC1. The molecule has 0 radical (unpaired) electrons. The summed E-state index contributed by atoms with van der Waals surface area (Å²) in [6.07, 6.45) is 6.76. The molecule has 0 unspecified atom stereocenters. The number of aromatic nitrogens is 4. The molecule has 1 aliphatic carbocycles. The lowest BCUT2D eigenvalue weighted by atomic mass is 10.1. The Morgan fingerprint density at radius 1 is 0.971 bits per heavy atom. The molecule has 0 bridgehead atoms. The Hall–Kier alpha value is -3.75. The molecule has 34 heavy (non-hydrogen) atoms. The standard InChI is InChI=1S/C25H26N6O3/c32-23(15-20-19-7-3-4-8-21(19)33-28-20)31-13-11-30(12-14-31)22-10-9-18(16-26-22)24-27-25(34-29-24)17-5-1-2-6-17/h3-4,7-10,16-17H,1-2,5-6,11-15H2. The highest BCUT2D eigenvalue weighted by atomic mass is 16.5. The van der Waals surface area contributed by atoms with E-state index in [1.54, 1.807) is 6.20 Å². The van der Waals surface area contributed by atoms with E-state index in [0.29, 0.717) is 36.1 Å². The van der Waals surface area contributed by atoms with Crippen LogP contribution in [0.15, 0.2) is 51.6 Å². The number of carbonyl (C=O) groups excluding carboxylic acids is 1. The van der Waals surface area contributed by atoms with Crippen LogP contribution in [0.5, 0.6) is 0 Å². The number of pyridine rings is 1.